The third-order valence-corrected chi connectivity index (χ3v) is 1.90. The van der Waals surface area contributed by atoms with Gasteiger partial charge in [0, 0.05) is 5.54 Å². The lowest BCUT2D eigenvalue weighted by Gasteiger charge is -2.22. The molecule has 1 rings (SSSR count). The van der Waals surface area contributed by atoms with Crippen molar-refractivity contribution in [1.82, 2.24) is 5.32 Å². The van der Waals surface area contributed by atoms with Gasteiger partial charge in [0.1, 0.15) is 6.67 Å². The summed E-state index contributed by atoms with van der Waals surface area (Å²) in [5.41, 5.74) is -0.303. The Labute approximate surface area is 62.0 Å². The summed E-state index contributed by atoms with van der Waals surface area (Å²) in [6, 6.07) is 0. The van der Waals surface area contributed by atoms with Gasteiger partial charge >= 0.3 is 0 Å². The number of halogens is 1. The summed E-state index contributed by atoms with van der Waals surface area (Å²) in [6.07, 6.45) is 2.66. The molecule has 0 unspecified atom stereocenters. The molecule has 0 spiro atoms. The van der Waals surface area contributed by atoms with Crippen LogP contribution >= 0.6 is 0 Å². The van der Waals surface area contributed by atoms with E-state index in [9.17, 15) is 4.39 Å². The highest BCUT2D eigenvalue weighted by atomic mass is 19.1. The second kappa shape index (κ2) is 2.87. The summed E-state index contributed by atoms with van der Waals surface area (Å²) >= 11 is 0. The fourth-order valence-corrected chi connectivity index (χ4v) is 0.790. The molecule has 1 nitrogen and oxygen atoms in total. The first-order chi connectivity index (χ1) is 4.64. The fraction of sp³-hybridized carbons (Fsp3) is 1.00. The molecule has 0 amide bonds. The molecule has 0 aromatic heterocycles. The minimum Gasteiger partial charge on any atom is -0.309 e. The second-order valence-corrected chi connectivity index (χ2v) is 3.84. The van der Waals surface area contributed by atoms with Crippen LogP contribution in [0.2, 0.25) is 0 Å². The summed E-state index contributed by atoms with van der Waals surface area (Å²) in [7, 11) is 0. The lowest BCUT2D eigenvalue weighted by molar-refractivity contribution is 0.285. The molecule has 0 bridgehead atoms. The van der Waals surface area contributed by atoms with Gasteiger partial charge < -0.3 is 5.32 Å². The van der Waals surface area contributed by atoms with E-state index >= 15 is 0 Å². The lowest BCUT2D eigenvalue weighted by Crippen LogP contribution is -2.42. The first-order valence-corrected chi connectivity index (χ1v) is 3.95. The van der Waals surface area contributed by atoms with Crippen molar-refractivity contribution in [2.45, 2.75) is 32.2 Å². The van der Waals surface area contributed by atoms with Crippen LogP contribution in [0, 0.1) is 5.92 Å². The van der Waals surface area contributed by atoms with E-state index in [-0.39, 0.29) is 12.2 Å². The van der Waals surface area contributed by atoms with Gasteiger partial charge in [-0.3, -0.25) is 0 Å². The molecule has 1 aliphatic carbocycles. The monoisotopic (exact) mass is 145 g/mol. The van der Waals surface area contributed by atoms with E-state index in [2.05, 4.69) is 5.32 Å². The van der Waals surface area contributed by atoms with Crippen LogP contribution in [0.3, 0.4) is 0 Å². The van der Waals surface area contributed by atoms with Crippen LogP contribution in [0.15, 0.2) is 0 Å². The van der Waals surface area contributed by atoms with Gasteiger partial charge in [-0.25, -0.2) is 4.39 Å². The van der Waals surface area contributed by atoms with Gasteiger partial charge in [-0.05, 0) is 39.2 Å². The molecule has 10 heavy (non-hydrogen) atoms. The number of hydrogen-bond acceptors (Lipinski definition) is 1. The van der Waals surface area contributed by atoms with E-state index in [1.165, 1.54) is 12.8 Å². The molecule has 0 aliphatic heterocycles. The van der Waals surface area contributed by atoms with Gasteiger partial charge in [0.05, 0.1) is 0 Å². The van der Waals surface area contributed by atoms with Crippen molar-refractivity contribution in [1.29, 1.82) is 0 Å². The smallest absolute Gasteiger partial charge is 0.107 e. The Balaban J connectivity index is 2.09. The number of hydrogen-bond donors (Lipinski definition) is 1. The molecule has 1 N–H and O–H groups in total. The maximum Gasteiger partial charge on any atom is 0.107 e. The Morgan fingerprint density at radius 3 is 2.50 bits per heavy atom. The maximum absolute atomic E-state index is 12.2. The molecular weight excluding hydrogens is 129 g/mol. The van der Waals surface area contributed by atoms with E-state index < -0.39 is 0 Å². The van der Waals surface area contributed by atoms with E-state index in [1.807, 2.05) is 13.8 Å². The van der Waals surface area contributed by atoms with Crippen molar-refractivity contribution in [3.8, 4) is 0 Å². The largest absolute Gasteiger partial charge is 0.309 e. The maximum atomic E-state index is 12.2. The Morgan fingerprint density at radius 1 is 1.50 bits per heavy atom. The topological polar surface area (TPSA) is 12.0 Å². The minimum atomic E-state index is -0.303. The van der Waals surface area contributed by atoms with Crippen molar-refractivity contribution < 1.29 is 4.39 Å². The minimum absolute atomic E-state index is 0.278. The van der Waals surface area contributed by atoms with Gasteiger partial charge in [-0.15, -0.1) is 0 Å². The van der Waals surface area contributed by atoms with Crippen molar-refractivity contribution >= 4 is 0 Å². The summed E-state index contributed by atoms with van der Waals surface area (Å²) in [6.45, 7) is 4.52. The summed E-state index contributed by atoms with van der Waals surface area (Å²) in [5, 5.41) is 3.20. The molecular formula is C8H16FN. The van der Waals surface area contributed by atoms with Crippen molar-refractivity contribution in [2.75, 3.05) is 13.2 Å². The number of nitrogens with one attached hydrogen (secondary N) is 1. The molecule has 1 aliphatic rings. The van der Waals surface area contributed by atoms with Gasteiger partial charge in [-0.1, -0.05) is 0 Å². The third kappa shape index (κ3) is 2.65. The van der Waals surface area contributed by atoms with Crippen LogP contribution in [0.5, 0.6) is 0 Å². The molecule has 0 heterocycles. The van der Waals surface area contributed by atoms with Crippen LogP contribution in [-0.4, -0.2) is 18.8 Å². The first-order valence-electron chi connectivity index (χ1n) is 3.95. The molecule has 60 valence electrons. The highest BCUT2D eigenvalue weighted by Gasteiger charge is 2.24. The molecule has 0 aromatic rings. The predicted molar refractivity (Wildman–Crippen MR) is 40.8 cm³/mol. The molecule has 0 aromatic carbocycles. The molecule has 1 saturated carbocycles. The average Bonchev–Trinajstić information content (AvgIpc) is 2.66. The van der Waals surface area contributed by atoms with Crippen molar-refractivity contribution in [2.24, 2.45) is 5.92 Å². The highest BCUT2D eigenvalue weighted by molar-refractivity contribution is 4.82. The van der Waals surface area contributed by atoms with Crippen LogP contribution in [-0.2, 0) is 0 Å². The molecule has 0 saturated heterocycles. The summed E-state index contributed by atoms with van der Waals surface area (Å²) in [4.78, 5) is 0. The summed E-state index contributed by atoms with van der Waals surface area (Å²) < 4.78 is 12.2. The molecule has 2 heteroatoms. The molecule has 0 atom stereocenters. The van der Waals surface area contributed by atoms with Gasteiger partial charge in [0.15, 0.2) is 0 Å². The zero-order valence-electron chi connectivity index (χ0n) is 6.78. The first kappa shape index (κ1) is 7.99. The lowest BCUT2D eigenvalue weighted by atomic mass is 10.1. The Bertz CT molecular complexity index is 108. The van der Waals surface area contributed by atoms with Crippen molar-refractivity contribution in [3.05, 3.63) is 0 Å². The van der Waals surface area contributed by atoms with Crippen LogP contribution in [0.1, 0.15) is 26.7 Å². The van der Waals surface area contributed by atoms with E-state index in [0.29, 0.717) is 0 Å². The highest BCUT2D eigenvalue weighted by Crippen LogP contribution is 2.28. The van der Waals surface area contributed by atoms with Crippen LogP contribution < -0.4 is 5.32 Å². The van der Waals surface area contributed by atoms with Gasteiger partial charge in [0.25, 0.3) is 0 Å². The van der Waals surface area contributed by atoms with E-state index in [4.69, 9.17) is 0 Å². The normalized spacial score (nSPS) is 19.5. The third-order valence-electron chi connectivity index (χ3n) is 1.90. The Morgan fingerprint density at radius 2 is 2.10 bits per heavy atom. The quantitative estimate of drug-likeness (QED) is 0.635. The van der Waals surface area contributed by atoms with E-state index in [1.54, 1.807) is 0 Å². The molecule has 0 radical (unpaired) electrons. The van der Waals surface area contributed by atoms with Crippen LogP contribution in [0.25, 0.3) is 0 Å². The van der Waals surface area contributed by atoms with Crippen LogP contribution in [0.4, 0.5) is 4.39 Å². The second-order valence-electron chi connectivity index (χ2n) is 3.84. The SMILES string of the molecule is CC(C)(CF)NCC1CC1. The Hall–Kier alpha value is -0.110. The van der Waals surface area contributed by atoms with Gasteiger partial charge in [-0.2, -0.15) is 0 Å². The zero-order valence-corrected chi connectivity index (χ0v) is 6.78. The molecule has 1 fully saturated rings. The Kier molecular flexibility index (Phi) is 2.29. The predicted octanol–water partition coefficient (Wildman–Crippen LogP) is 1.73. The standard InChI is InChI=1S/C8H16FN/c1-8(2,6-9)10-5-7-3-4-7/h7,10H,3-6H2,1-2H3. The fourth-order valence-electron chi connectivity index (χ4n) is 0.790. The number of rotatable bonds is 4. The number of alkyl halides is 1. The van der Waals surface area contributed by atoms with Crippen molar-refractivity contribution in [3.63, 3.8) is 0 Å². The average molecular weight is 145 g/mol. The zero-order chi connectivity index (χ0) is 7.61. The summed E-state index contributed by atoms with van der Waals surface area (Å²) in [5.74, 6) is 0.839. The van der Waals surface area contributed by atoms with Gasteiger partial charge in [0.2, 0.25) is 0 Å². The van der Waals surface area contributed by atoms with E-state index in [0.717, 1.165) is 12.5 Å².